The van der Waals surface area contributed by atoms with Crippen LogP contribution in [0.1, 0.15) is 23.6 Å². The van der Waals surface area contributed by atoms with Gasteiger partial charge in [-0.05, 0) is 52.1 Å². The SMILES string of the molecule is Cc1cc(C)c2c(ccn2[C@H]2CC2N(C)C)c1. The Hall–Kier alpha value is -1.28. The van der Waals surface area contributed by atoms with Crippen molar-refractivity contribution in [1.29, 1.82) is 0 Å². The van der Waals surface area contributed by atoms with Crippen molar-refractivity contribution >= 4 is 10.9 Å². The van der Waals surface area contributed by atoms with Crippen molar-refractivity contribution in [2.24, 2.45) is 0 Å². The van der Waals surface area contributed by atoms with E-state index in [0.29, 0.717) is 12.1 Å². The van der Waals surface area contributed by atoms with Crippen LogP contribution in [0, 0.1) is 13.8 Å². The quantitative estimate of drug-likeness (QED) is 0.766. The van der Waals surface area contributed by atoms with Crippen LogP contribution < -0.4 is 0 Å². The molecule has 1 heterocycles. The van der Waals surface area contributed by atoms with Gasteiger partial charge in [-0.25, -0.2) is 0 Å². The summed E-state index contributed by atoms with van der Waals surface area (Å²) in [6.07, 6.45) is 3.54. The van der Waals surface area contributed by atoms with Crippen LogP contribution in [0.4, 0.5) is 0 Å². The predicted molar refractivity (Wildman–Crippen MR) is 72.5 cm³/mol. The summed E-state index contributed by atoms with van der Waals surface area (Å²) in [5.41, 5.74) is 4.17. The van der Waals surface area contributed by atoms with Crippen molar-refractivity contribution in [2.45, 2.75) is 32.4 Å². The van der Waals surface area contributed by atoms with E-state index in [0.717, 1.165) is 0 Å². The molecule has 0 radical (unpaired) electrons. The topological polar surface area (TPSA) is 8.17 Å². The fourth-order valence-electron chi connectivity index (χ4n) is 3.01. The molecule has 0 saturated heterocycles. The maximum absolute atomic E-state index is 2.47. The molecule has 0 N–H and O–H groups in total. The number of likely N-dealkylation sites (N-methyl/N-ethyl adjacent to an activating group) is 1. The summed E-state index contributed by atoms with van der Waals surface area (Å²) in [5.74, 6) is 0. The highest BCUT2D eigenvalue weighted by Crippen LogP contribution is 2.42. The maximum atomic E-state index is 2.47. The van der Waals surface area contributed by atoms with Crippen LogP contribution in [0.5, 0.6) is 0 Å². The Morgan fingerprint density at radius 2 is 2.00 bits per heavy atom. The molecule has 2 aromatic rings. The number of aryl methyl sites for hydroxylation is 2. The fraction of sp³-hybridized carbons (Fsp3) is 0.467. The Morgan fingerprint density at radius 1 is 1.24 bits per heavy atom. The zero-order valence-corrected chi connectivity index (χ0v) is 11.1. The minimum absolute atomic E-state index is 0.670. The summed E-state index contributed by atoms with van der Waals surface area (Å²) in [6, 6.07) is 8.20. The third kappa shape index (κ3) is 1.67. The lowest BCUT2D eigenvalue weighted by molar-refractivity contribution is 0.377. The van der Waals surface area contributed by atoms with Crippen LogP contribution in [0.2, 0.25) is 0 Å². The second-order valence-corrected chi connectivity index (χ2v) is 5.58. The zero-order chi connectivity index (χ0) is 12.2. The molecular weight excluding hydrogens is 208 g/mol. The van der Waals surface area contributed by atoms with E-state index in [4.69, 9.17) is 0 Å². The van der Waals surface area contributed by atoms with Crippen molar-refractivity contribution in [1.82, 2.24) is 9.47 Å². The highest BCUT2D eigenvalue weighted by molar-refractivity contribution is 5.84. The molecule has 1 aromatic heterocycles. The van der Waals surface area contributed by atoms with Gasteiger partial charge in [-0.3, -0.25) is 0 Å². The largest absolute Gasteiger partial charge is 0.343 e. The molecule has 0 spiro atoms. The van der Waals surface area contributed by atoms with Gasteiger partial charge in [0, 0.05) is 17.6 Å². The molecule has 3 rings (SSSR count). The van der Waals surface area contributed by atoms with E-state index < -0.39 is 0 Å². The van der Waals surface area contributed by atoms with Crippen molar-refractivity contribution in [3.63, 3.8) is 0 Å². The van der Waals surface area contributed by atoms with Crippen LogP contribution in [-0.4, -0.2) is 29.6 Å². The average molecular weight is 228 g/mol. The first kappa shape index (κ1) is 10.8. The van der Waals surface area contributed by atoms with Gasteiger partial charge in [-0.2, -0.15) is 0 Å². The smallest absolute Gasteiger partial charge is 0.0513 e. The van der Waals surface area contributed by atoms with E-state index in [1.54, 1.807) is 0 Å². The molecule has 2 atom stereocenters. The number of hydrogen-bond acceptors (Lipinski definition) is 1. The lowest BCUT2D eigenvalue weighted by Gasteiger charge is -2.12. The Balaban J connectivity index is 2.07. The molecule has 2 nitrogen and oxygen atoms in total. The third-order valence-electron chi connectivity index (χ3n) is 3.89. The molecule has 0 amide bonds. The molecule has 17 heavy (non-hydrogen) atoms. The van der Waals surface area contributed by atoms with E-state index in [1.165, 1.54) is 28.5 Å². The standard InChI is InChI=1S/C15H20N2/c1-10-7-11(2)15-12(8-10)5-6-17(15)14-9-13(14)16(3)4/h5-8,13-14H,9H2,1-4H3/t13?,14-/m0/s1. The summed E-state index contributed by atoms with van der Waals surface area (Å²) in [4.78, 5) is 2.33. The van der Waals surface area contributed by atoms with Crippen LogP contribution in [0.25, 0.3) is 10.9 Å². The van der Waals surface area contributed by atoms with Crippen LogP contribution >= 0.6 is 0 Å². The minimum Gasteiger partial charge on any atom is -0.343 e. The van der Waals surface area contributed by atoms with Crippen molar-refractivity contribution < 1.29 is 0 Å². The lowest BCUT2D eigenvalue weighted by Crippen LogP contribution is -2.17. The number of aromatic nitrogens is 1. The van der Waals surface area contributed by atoms with E-state index in [-0.39, 0.29) is 0 Å². The lowest BCUT2D eigenvalue weighted by atomic mass is 10.1. The molecule has 0 bridgehead atoms. The highest BCUT2D eigenvalue weighted by Gasteiger charge is 2.40. The van der Waals surface area contributed by atoms with E-state index in [9.17, 15) is 0 Å². The van der Waals surface area contributed by atoms with Gasteiger partial charge in [0.2, 0.25) is 0 Å². The number of rotatable bonds is 2. The zero-order valence-electron chi connectivity index (χ0n) is 11.1. The Bertz CT molecular complexity index is 566. The van der Waals surface area contributed by atoms with Gasteiger partial charge in [0.25, 0.3) is 0 Å². The van der Waals surface area contributed by atoms with Crippen molar-refractivity contribution in [3.8, 4) is 0 Å². The summed E-state index contributed by atoms with van der Waals surface area (Å²) in [6.45, 7) is 4.39. The Kier molecular flexibility index (Phi) is 2.30. The van der Waals surface area contributed by atoms with Gasteiger partial charge < -0.3 is 9.47 Å². The fourth-order valence-corrected chi connectivity index (χ4v) is 3.01. The first-order valence-electron chi connectivity index (χ1n) is 6.32. The average Bonchev–Trinajstić information content (AvgIpc) is 2.93. The Labute approximate surface area is 103 Å². The second-order valence-electron chi connectivity index (χ2n) is 5.58. The van der Waals surface area contributed by atoms with Crippen LogP contribution in [0.15, 0.2) is 24.4 Å². The number of hydrogen-bond donors (Lipinski definition) is 0. The number of fused-ring (bicyclic) bond motifs is 1. The maximum Gasteiger partial charge on any atom is 0.0513 e. The predicted octanol–water partition coefficient (Wildman–Crippen LogP) is 3.13. The molecule has 1 fully saturated rings. The molecule has 1 aliphatic carbocycles. The molecule has 1 aromatic carbocycles. The molecule has 90 valence electrons. The van der Waals surface area contributed by atoms with Gasteiger partial charge in [-0.1, -0.05) is 11.6 Å². The summed E-state index contributed by atoms with van der Waals surface area (Å²) < 4.78 is 2.47. The summed E-state index contributed by atoms with van der Waals surface area (Å²) in [5, 5.41) is 1.38. The molecule has 0 aliphatic heterocycles. The highest BCUT2D eigenvalue weighted by atomic mass is 15.2. The first-order chi connectivity index (χ1) is 8.08. The van der Waals surface area contributed by atoms with Gasteiger partial charge in [0.15, 0.2) is 0 Å². The van der Waals surface area contributed by atoms with Crippen LogP contribution in [0.3, 0.4) is 0 Å². The molecule has 2 heteroatoms. The summed E-state index contributed by atoms with van der Waals surface area (Å²) in [7, 11) is 4.35. The van der Waals surface area contributed by atoms with Gasteiger partial charge in [0.05, 0.1) is 11.6 Å². The van der Waals surface area contributed by atoms with Gasteiger partial charge in [-0.15, -0.1) is 0 Å². The Morgan fingerprint density at radius 3 is 2.65 bits per heavy atom. The molecule has 1 saturated carbocycles. The van der Waals surface area contributed by atoms with Gasteiger partial charge in [0.1, 0.15) is 0 Å². The monoisotopic (exact) mass is 228 g/mol. The van der Waals surface area contributed by atoms with E-state index in [1.807, 2.05) is 0 Å². The molecule has 1 unspecified atom stereocenters. The second kappa shape index (κ2) is 3.61. The molecule has 1 aliphatic rings. The number of nitrogens with zero attached hydrogens (tertiary/aromatic N) is 2. The van der Waals surface area contributed by atoms with Crippen molar-refractivity contribution in [3.05, 3.63) is 35.5 Å². The van der Waals surface area contributed by atoms with E-state index in [2.05, 4.69) is 61.8 Å². The normalized spacial score (nSPS) is 23.6. The third-order valence-corrected chi connectivity index (χ3v) is 3.89. The van der Waals surface area contributed by atoms with Gasteiger partial charge >= 0.3 is 0 Å². The van der Waals surface area contributed by atoms with E-state index >= 15 is 0 Å². The minimum atomic E-state index is 0.670. The number of benzene rings is 1. The van der Waals surface area contributed by atoms with Crippen molar-refractivity contribution in [2.75, 3.05) is 14.1 Å². The summed E-state index contributed by atoms with van der Waals surface area (Å²) >= 11 is 0. The van der Waals surface area contributed by atoms with Crippen LogP contribution in [-0.2, 0) is 0 Å². The molecular formula is C15H20N2. The first-order valence-corrected chi connectivity index (χ1v) is 6.32.